The van der Waals surface area contributed by atoms with Crippen molar-refractivity contribution in [1.29, 1.82) is 0 Å². The van der Waals surface area contributed by atoms with E-state index in [4.69, 9.17) is 16.3 Å². The number of ether oxygens (including phenoxy) is 1. The van der Waals surface area contributed by atoms with Crippen molar-refractivity contribution in [2.75, 3.05) is 0 Å². The summed E-state index contributed by atoms with van der Waals surface area (Å²) >= 11 is 5.76. The SMILES string of the molecule is CCC1CC=C(c2cccc(OCc3ccc(Cl)cc3F)n2)CC1. The van der Waals surface area contributed by atoms with E-state index in [0.717, 1.165) is 24.5 Å². The summed E-state index contributed by atoms with van der Waals surface area (Å²) in [5.41, 5.74) is 2.70. The summed E-state index contributed by atoms with van der Waals surface area (Å²) in [6.45, 7) is 2.38. The molecule has 126 valence electrons. The van der Waals surface area contributed by atoms with Crippen molar-refractivity contribution < 1.29 is 9.13 Å². The Morgan fingerprint density at radius 2 is 2.17 bits per heavy atom. The second-order valence-electron chi connectivity index (χ2n) is 6.16. The molecular formula is C20H21ClFNO. The monoisotopic (exact) mass is 345 g/mol. The Balaban J connectivity index is 1.68. The summed E-state index contributed by atoms with van der Waals surface area (Å²) in [6, 6.07) is 10.3. The Hall–Kier alpha value is -1.87. The molecule has 3 rings (SSSR count). The van der Waals surface area contributed by atoms with Gasteiger partial charge in [0.1, 0.15) is 12.4 Å². The minimum Gasteiger partial charge on any atom is -0.473 e. The lowest BCUT2D eigenvalue weighted by molar-refractivity contribution is 0.288. The van der Waals surface area contributed by atoms with Crippen LogP contribution < -0.4 is 4.74 Å². The van der Waals surface area contributed by atoms with E-state index in [-0.39, 0.29) is 12.4 Å². The highest BCUT2D eigenvalue weighted by Gasteiger charge is 2.15. The minimum absolute atomic E-state index is 0.135. The third-order valence-electron chi connectivity index (χ3n) is 4.54. The molecule has 1 aromatic heterocycles. The first-order chi connectivity index (χ1) is 11.7. The first-order valence-corrected chi connectivity index (χ1v) is 8.76. The molecule has 1 aliphatic rings. The zero-order valence-electron chi connectivity index (χ0n) is 13.8. The van der Waals surface area contributed by atoms with E-state index >= 15 is 0 Å². The highest BCUT2D eigenvalue weighted by Crippen LogP contribution is 2.31. The van der Waals surface area contributed by atoms with Crippen LogP contribution in [-0.4, -0.2) is 4.98 Å². The molecule has 1 heterocycles. The molecule has 0 N–H and O–H groups in total. The fourth-order valence-corrected chi connectivity index (χ4v) is 3.12. The number of pyridine rings is 1. The number of allylic oxidation sites excluding steroid dienone is 2. The second kappa shape index (κ2) is 7.80. The molecule has 1 aromatic carbocycles. The lowest BCUT2D eigenvalue weighted by atomic mass is 9.87. The first kappa shape index (κ1) is 17.0. The topological polar surface area (TPSA) is 22.1 Å². The van der Waals surface area contributed by atoms with Gasteiger partial charge in [-0.3, -0.25) is 0 Å². The van der Waals surface area contributed by atoms with Gasteiger partial charge in [0.2, 0.25) is 5.88 Å². The van der Waals surface area contributed by atoms with Crippen LogP contribution in [-0.2, 0) is 6.61 Å². The van der Waals surface area contributed by atoms with Gasteiger partial charge in [0.25, 0.3) is 0 Å². The smallest absolute Gasteiger partial charge is 0.214 e. The predicted octanol–water partition coefficient (Wildman–Crippen LogP) is 6.05. The fourth-order valence-electron chi connectivity index (χ4n) is 2.96. The quantitative estimate of drug-likeness (QED) is 0.658. The summed E-state index contributed by atoms with van der Waals surface area (Å²) in [6.07, 6.45) is 6.91. The first-order valence-electron chi connectivity index (χ1n) is 8.39. The Morgan fingerprint density at radius 1 is 1.29 bits per heavy atom. The summed E-state index contributed by atoms with van der Waals surface area (Å²) in [7, 11) is 0. The van der Waals surface area contributed by atoms with Crippen molar-refractivity contribution in [3.8, 4) is 5.88 Å². The average molecular weight is 346 g/mol. The standard InChI is InChI=1S/C20H21ClFNO/c1-2-14-6-8-15(9-7-14)19-4-3-5-20(23-19)24-13-16-10-11-17(21)12-18(16)22/h3-5,8,10-12,14H,2,6-7,9,13H2,1H3. The van der Waals surface area contributed by atoms with E-state index in [9.17, 15) is 4.39 Å². The van der Waals surface area contributed by atoms with Crippen LogP contribution in [0.5, 0.6) is 5.88 Å². The van der Waals surface area contributed by atoms with E-state index in [1.165, 1.54) is 24.5 Å². The Kier molecular flexibility index (Phi) is 5.52. The van der Waals surface area contributed by atoms with Gasteiger partial charge in [-0.05, 0) is 49.0 Å². The maximum absolute atomic E-state index is 13.8. The number of rotatable bonds is 5. The zero-order valence-corrected chi connectivity index (χ0v) is 14.5. The van der Waals surface area contributed by atoms with Crippen molar-refractivity contribution >= 4 is 17.2 Å². The van der Waals surface area contributed by atoms with E-state index in [0.29, 0.717) is 16.5 Å². The number of hydrogen-bond donors (Lipinski definition) is 0. The molecule has 1 aliphatic carbocycles. The molecule has 1 atom stereocenters. The summed E-state index contributed by atoms with van der Waals surface area (Å²) < 4.78 is 19.5. The van der Waals surface area contributed by atoms with E-state index in [2.05, 4.69) is 18.0 Å². The van der Waals surface area contributed by atoms with Gasteiger partial charge in [-0.2, -0.15) is 0 Å². The molecule has 0 bridgehead atoms. The molecule has 0 spiro atoms. The summed E-state index contributed by atoms with van der Waals surface area (Å²) in [5, 5.41) is 0.381. The Labute approximate surface area is 147 Å². The van der Waals surface area contributed by atoms with Gasteiger partial charge in [0.05, 0.1) is 5.69 Å². The fraction of sp³-hybridized carbons (Fsp3) is 0.350. The Bertz CT molecular complexity index is 744. The molecule has 1 unspecified atom stereocenters. The van der Waals surface area contributed by atoms with Gasteiger partial charge in [-0.15, -0.1) is 0 Å². The van der Waals surface area contributed by atoms with Crippen LogP contribution in [0.4, 0.5) is 4.39 Å². The molecule has 0 radical (unpaired) electrons. The summed E-state index contributed by atoms with van der Waals surface area (Å²) in [4.78, 5) is 4.57. The number of benzene rings is 1. The molecule has 0 saturated heterocycles. The van der Waals surface area contributed by atoms with Crippen LogP contribution in [0.2, 0.25) is 5.02 Å². The van der Waals surface area contributed by atoms with E-state index in [1.807, 2.05) is 12.1 Å². The minimum atomic E-state index is -0.362. The van der Waals surface area contributed by atoms with E-state index in [1.54, 1.807) is 18.2 Å². The van der Waals surface area contributed by atoms with Crippen LogP contribution >= 0.6 is 11.6 Å². The van der Waals surface area contributed by atoms with Crippen LogP contribution in [0.1, 0.15) is 43.9 Å². The third kappa shape index (κ3) is 4.15. The molecule has 24 heavy (non-hydrogen) atoms. The largest absolute Gasteiger partial charge is 0.473 e. The number of aromatic nitrogens is 1. The highest BCUT2D eigenvalue weighted by molar-refractivity contribution is 6.30. The van der Waals surface area contributed by atoms with Crippen LogP contribution in [0, 0.1) is 11.7 Å². The summed E-state index contributed by atoms with van der Waals surface area (Å²) in [5.74, 6) is 0.945. The number of nitrogens with zero attached hydrogens (tertiary/aromatic N) is 1. The van der Waals surface area contributed by atoms with E-state index < -0.39 is 0 Å². The normalized spacial score (nSPS) is 17.5. The second-order valence-corrected chi connectivity index (χ2v) is 6.60. The molecule has 0 fully saturated rings. The molecular weight excluding hydrogens is 325 g/mol. The van der Waals surface area contributed by atoms with Gasteiger partial charge < -0.3 is 4.74 Å². The van der Waals surface area contributed by atoms with Crippen LogP contribution in [0.15, 0.2) is 42.5 Å². The molecule has 0 amide bonds. The lowest BCUT2D eigenvalue weighted by Crippen LogP contribution is -2.05. The van der Waals surface area contributed by atoms with Crippen molar-refractivity contribution in [2.45, 2.75) is 39.2 Å². The van der Waals surface area contributed by atoms with Crippen molar-refractivity contribution in [3.05, 3.63) is 64.6 Å². The third-order valence-corrected chi connectivity index (χ3v) is 4.78. The predicted molar refractivity (Wildman–Crippen MR) is 95.6 cm³/mol. The average Bonchev–Trinajstić information content (AvgIpc) is 2.61. The lowest BCUT2D eigenvalue weighted by Gasteiger charge is -2.20. The molecule has 0 aliphatic heterocycles. The van der Waals surface area contributed by atoms with Gasteiger partial charge in [0.15, 0.2) is 0 Å². The molecule has 0 saturated carbocycles. The van der Waals surface area contributed by atoms with Crippen molar-refractivity contribution in [2.24, 2.45) is 5.92 Å². The number of halogens is 2. The van der Waals surface area contributed by atoms with Gasteiger partial charge >= 0.3 is 0 Å². The van der Waals surface area contributed by atoms with Gasteiger partial charge in [-0.1, -0.05) is 43.2 Å². The van der Waals surface area contributed by atoms with Gasteiger partial charge in [0, 0.05) is 16.7 Å². The Morgan fingerprint density at radius 3 is 2.88 bits per heavy atom. The molecule has 2 nitrogen and oxygen atoms in total. The van der Waals surface area contributed by atoms with Crippen LogP contribution in [0.25, 0.3) is 5.57 Å². The highest BCUT2D eigenvalue weighted by atomic mass is 35.5. The van der Waals surface area contributed by atoms with Crippen LogP contribution in [0.3, 0.4) is 0 Å². The zero-order chi connectivity index (χ0) is 16.9. The molecule has 2 aromatic rings. The number of hydrogen-bond acceptors (Lipinski definition) is 2. The van der Waals surface area contributed by atoms with Gasteiger partial charge in [-0.25, -0.2) is 9.37 Å². The maximum Gasteiger partial charge on any atom is 0.214 e. The van der Waals surface area contributed by atoms with Crippen molar-refractivity contribution in [3.63, 3.8) is 0 Å². The van der Waals surface area contributed by atoms with Crippen molar-refractivity contribution in [1.82, 2.24) is 4.98 Å². The molecule has 4 heteroatoms. The maximum atomic E-state index is 13.8.